The van der Waals surface area contributed by atoms with Gasteiger partial charge in [0.25, 0.3) is 5.19 Å². The SMILES string of the molecule is Cn1ncc(CC(=O)N[C@H]2CC[C@](F)(CCN3CCc4nc(OCC(F)(F)F)sc4CC3)CC2)c1F. The van der Waals surface area contributed by atoms with E-state index in [1.807, 2.05) is 0 Å². The molecule has 13 heteroatoms. The van der Waals surface area contributed by atoms with Gasteiger partial charge in [-0.15, -0.1) is 0 Å². The summed E-state index contributed by atoms with van der Waals surface area (Å²) in [6, 6.07) is -0.130. The van der Waals surface area contributed by atoms with E-state index < -0.39 is 24.4 Å². The molecule has 0 bridgehead atoms. The minimum atomic E-state index is -4.40. The largest absolute Gasteiger partial charge is 0.460 e. The van der Waals surface area contributed by atoms with Gasteiger partial charge in [0.1, 0.15) is 5.67 Å². The van der Waals surface area contributed by atoms with Crippen LogP contribution >= 0.6 is 11.3 Å². The third-order valence-electron chi connectivity index (χ3n) is 6.85. The number of amides is 1. The molecule has 1 aliphatic carbocycles. The number of thiazole rings is 1. The summed E-state index contributed by atoms with van der Waals surface area (Å²) in [5.41, 5.74) is -0.306. The van der Waals surface area contributed by atoms with E-state index in [2.05, 4.69) is 20.3 Å². The lowest BCUT2D eigenvalue weighted by atomic mass is 9.81. The molecule has 1 saturated carbocycles. The average Bonchev–Trinajstić information content (AvgIpc) is 3.29. The second-order valence-electron chi connectivity index (χ2n) is 9.60. The number of aromatic nitrogens is 3. The lowest BCUT2D eigenvalue weighted by molar-refractivity contribution is -0.153. The second-order valence-corrected chi connectivity index (χ2v) is 10.6. The van der Waals surface area contributed by atoms with E-state index in [9.17, 15) is 22.4 Å². The van der Waals surface area contributed by atoms with E-state index in [0.717, 1.165) is 26.6 Å². The minimum Gasteiger partial charge on any atom is -0.460 e. The molecular formula is C23H30F5N5O2S. The summed E-state index contributed by atoms with van der Waals surface area (Å²) in [5, 5.41) is 6.72. The number of aryl methyl sites for hydroxylation is 1. The van der Waals surface area contributed by atoms with Crippen LogP contribution in [0.2, 0.25) is 0 Å². The Hall–Kier alpha value is -2.28. The van der Waals surface area contributed by atoms with Gasteiger partial charge in [0.05, 0.1) is 18.3 Å². The number of fused-ring (bicyclic) bond motifs is 1. The summed E-state index contributed by atoms with van der Waals surface area (Å²) >= 11 is 1.15. The van der Waals surface area contributed by atoms with E-state index in [1.54, 1.807) is 0 Å². The van der Waals surface area contributed by atoms with Crippen molar-refractivity contribution in [1.29, 1.82) is 0 Å². The van der Waals surface area contributed by atoms with Gasteiger partial charge in [0.15, 0.2) is 6.61 Å². The molecule has 1 N–H and O–H groups in total. The number of ether oxygens (including phenoxy) is 1. The molecule has 7 nitrogen and oxygen atoms in total. The molecule has 1 fully saturated rings. The van der Waals surface area contributed by atoms with Crippen molar-refractivity contribution in [2.24, 2.45) is 7.05 Å². The van der Waals surface area contributed by atoms with Crippen LogP contribution in [-0.2, 0) is 31.1 Å². The topological polar surface area (TPSA) is 72.3 Å². The van der Waals surface area contributed by atoms with Crippen molar-refractivity contribution in [2.45, 2.75) is 69.3 Å². The molecule has 0 aromatic carbocycles. The third kappa shape index (κ3) is 7.15. The molecule has 1 aliphatic heterocycles. The highest BCUT2D eigenvalue weighted by Crippen LogP contribution is 2.36. The van der Waals surface area contributed by atoms with Crippen molar-refractivity contribution in [3.63, 3.8) is 0 Å². The van der Waals surface area contributed by atoms with Crippen molar-refractivity contribution in [3.05, 3.63) is 28.3 Å². The van der Waals surface area contributed by atoms with E-state index >= 15 is 4.39 Å². The van der Waals surface area contributed by atoms with E-state index in [4.69, 9.17) is 4.74 Å². The Morgan fingerprint density at radius 3 is 2.67 bits per heavy atom. The van der Waals surface area contributed by atoms with Crippen LogP contribution in [0.15, 0.2) is 6.20 Å². The predicted octanol–water partition coefficient (Wildman–Crippen LogP) is 3.76. The Kier molecular flexibility index (Phi) is 8.18. The van der Waals surface area contributed by atoms with Gasteiger partial charge < -0.3 is 15.0 Å². The number of hydrogen-bond donors (Lipinski definition) is 1. The van der Waals surface area contributed by atoms with E-state index in [-0.39, 0.29) is 29.1 Å². The Bertz CT molecular complexity index is 1020. The maximum atomic E-state index is 15.5. The lowest BCUT2D eigenvalue weighted by Gasteiger charge is -2.35. The Balaban J connectivity index is 1.18. The van der Waals surface area contributed by atoms with Crippen molar-refractivity contribution in [2.75, 3.05) is 26.2 Å². The molecule has 0 atom stereocenters. The first-order chi connectivity index (χ1) is 17.0. The van der Waals surface area contributed by atoms with E-state index in [1.165, 1.54) is 13.2 Å². The van der Waals surface area contributed by atoms with Gasteiger partial charge >= 0.3 is 6.18 Å². The molecule has 2 aliphatic rings. The van der Waals surface area contributed by atoms with Crippen LogP contribution in [0.25, 0.3) is 0 Å². The number of hydrogen-bond acceptors (Lipinski definition) is 6. The molecule has 200 valence electrons. The summed E-state index contributed by atoms with van der Waals surface area (Å²) in [4.78, 5) is 19.6. The molecule has 0 saturated heterocycles. The van der Waals surface area contributed by atoms with Crippen LogP contribution in [0, 0.1) is 5.95 Å². The van der Waals surface area contributed by atoms with Gasteiger partial charge in [-0.2, -0.15) is 22.7 Å². The number of halogens is 5. The molecule has 2 aromatic heterocycles. The molecule has 2 aromatic rings. The molecule has 0 spiro atoms. The fraction of sp³-hybridized carbons (Fsp3) is 0.696. The molecule has 3 heterocycles. The highest BCUT2D eigenvalue weighted by molar-refractivity contribution is 7.13. The lowest BCUT2D eigenvalue weighted by Crippen LogP contribution is -2.43. The van der Waals surface area contributed by atoms with Crippen molar-refractivity contribution in [3.8, 4) is 5.19 Å². The monoisotopic (exact) mass is 535 g/mol. The fourth-order valence-corrected chi connectivity index (χ4v) is 5.68. The van der Waals surface area contributed by atoms with Crippen molar-refractivity contribution >= 4 is 17.2 Å². The smallest absolute Gasteiger partial charge is 0.422 e. The Morgan fingerprint density at radius 1 is 1.28 bits per heavy atom. The van der Waals surface area contributed by atoms with Crippen LogP contribution in [0.4, 0.5) is 22.0 Å². The number of carbonyl (C=O) groups excluding carboxylic acids is 1. The standard InChI is InChI=1S/C23H30F5N5O2S/c1-32-20(24)15(13-29-32)12-19(34)30-16-2-6-22(25,7-3-16)8-11-33-9-4-17-18(5-10-33)36-21(31-17)35-14-23(26,27)28/h13,16H,2-12,14H2,1H3,(H,30,34)/t16-,22+. The summed E-state index contributed by atoms with van der Waals surface area (Å²) in [5.74, 6) is -0.831. The fourth-order valence-electron chi connectivity index (χ4n) is 4.74. The predicted molar refractivity (Wildman–Crippen MR) is 123 cm³/mol. The van der Waals surface area contributed by atoms with Gasteiger partial charge in [-0.05, 0) is 38.5 Å². The number of nitrogens with zero attached hydrogens (tertiary/aromatic N) is 4. The molecule has 4 rings (SSSR count). The highest BCUT2D eigenvalue weighted by atomic mass is 32.1. The number of nitrogens with one attached hydrogen (secondary N) is 1. The molecule has 36 heavy (non-hydrogen) atoms. The summed E-state index contributed by atoms with van der Waals surface area (Å²) in [6.45, 7) is 0.584. The average molecular weight is 536 g/mol. The maximum Gasteiger partial charge on any atom is 0.422 e. The summed E-state index contributed by atoms with van der Waals surface area (Å²) < 4.78 is 72.2. The molecule has 1 amide bonds. The van der Waals surface area contributed by atoms with Gasteiger partial charge in [0, 0.05) is 49.6 Å². The van der Waals surface area contributed by atoms with Gasteiger partial charge in [-0.3, -0.25) is 4.79 Å². The first-order valence-electron chi connectivity index (χ1n) is 12.0. The van der Waals surface area contributed by atoms with Crippen molar-refractivity contribution in [1.82, 2.24) is 25.0 Å². The minimum absolute atomic E-state index is 0.0444. The zero-order chi connectivity index (χ0) is 25.9. The molecular weight excluding hydrogens is 505 g/mol. The second kappa shape index (κ2) is 11.0. The van der Waals surface area contributed by atoms with E-state index in [0.29, 0.717) is 64.6 Å². The maximum absolute atomic E-state index is 15.5. The number of carbonyl (C=O) groups is 1. The first-order valence-corrected chi connectivity index (χ1v) is 12.9. The normalized spacial score (nSPS) is 23.2. The van der Waals surface area contributed by atoms with Crippen molar-refractivity contribution < 1.29 is 31.5 Å². The van der Waals surface area contributed by atoms with Gasteiger partial charge in [-0.25, -0.2) is 14.1 Å². The van der Waals surface area contributed by atoms with Crippen LogP contribution in [0.3, 0.4) is 0 Å². The zero-order valence-corrected chi connectivity index (χ0v) is 20.9. The number of alkyl halides is 4. The van der Waals surface area contributed by atoms with Gasteiger partial charge in [0.2, 0.25) is 11.9 Å². The Labute approximate surface area is 210 Å². The zero-order valence-electron chi connectivity index (χ0n) is 20.0. The summed E-state index contributed by atoms with van der Waals surface area (Å²) in [6.07, 6.45) is 0.216. The Morgan fingerprint density at radius 2 is 2.00 bits per heavy atom. The van der Waals surface area contributed by atoms with Crippen LogP contribution < -0.4 is 10.1 Å². The summed E-state index contributed by atoms with van der Waals surface area (Å²) in [7, 11) is 1.47. The highest BCUT2D eigenvalue weighted by Gasteiger charge is 2.36. The van der Waals surface area contributed by atoms with Crippen LogP contribution in [-0.4, -0.2) is 69.7 Å². The first kappa shape index (κ1) is 26.8. The van der Waals surface area contributed by atoms with Gasteiger partial charge in [-0.1, -0.05) is 11.3 Å². The molecule has 0 unspecified atom stereocenters. The van der Waals surface area contributed by atoms with Crippen LogP contribution in [0.1, 0.15) is 48.2 Å². The molecule has 0 radical (unpaired) electrons. The number of rotatable bonds is 8. The quantitative estimate of drug-likeness (QED) is 0.522. The van der Waals surface area contributed by atoms with Crippen LogP contribution in [0.5, 0.6) is 5.19 Å². The third-order valence-corrected chi connectivity index (χ3v) is 7.92.